The standard InChI is InChI=1S/C82H149N2O6P/c1-6-8-10-12-14-16-18-20-22-24-26-28-30-32-34-36-38-40-41-42-43-44-46-48-50-52-54-56-58-60-62-64-66-68-70-72-74-76-82(86)83-80(79-90-91(87,88)89-78-77-84(3,4)5)81(85)75-73-71-69-67-65-63-61-59-57-55-53-51-49-47-45-39-37-35-33-31-29-27-25-23-21-19-17-15-13-11-9-7-2/h8,10,14,16,20,22,26,28,32,34,38,40,42-43,46,48,73,75,80-81,85H,6-7,9,11-13,15,17-19,21,23-25,27,29-31,33,35-37,39,41,44-45,47,49-72,74,76-79H2,1-5H3,(H-,83,86,87,88)/p+1/b10-8-,16-14-,22-20-,28-26-,34-32-,40-38-,43-42-,48-46-,75-73+. The van der Waals surface area contributed by atoms with Gasteiger partial charge in [-0.2, -0.15) is 0 Å². The Bertz CT molecular complexity index is 1860. The molecule has 3 atom stereocenters. The Labute approximate surface area is 565 Å². The van der Waals surface area contributed by atoms with Crippen molar-refractivity contribution in [1.29, 1.82) is 0 Å². The first-order valence-corrected chi connectivity index (χ1v) is 40.3. The van der Waals surface area contributed by atoms with Crippen LogP contribution in [0.3, 0.4) is 0 Å². The van der Waals surface area contributed by atoms with Crippen LogP contribution >= 0.6 is 7.82 Å². The highest BCUT2D eigenvalue weighted by molar-refractivity contribution is 7.47. The second-order valence-electron chi connectivity index (χ2n) is 27.4. The van der Waals surface area contributed by atoms with Gasteiger partial charge in [0.2, 0.25) is 5.91 Å². The number of phosphoric acid groups is 1. The number of allylic oxidation sites excluding steroid dienone is 17. The SMILES string of the molecule is CC/C=C\C/C=C\C/C=C\C/C=C\C/C=C\C/C=C\C/C=C\C/C=C\CCCCCCCCCCCCCCC(=O)NC(COP(=O)(O)OCC[N+](C)(C)C)C(O)/C=C/CCCCCCCCCCCCCCCCCCCCCCCCCCCCCCCC. The van der Waals surface area contributed by atoms with E-state index in [1.54, 1.807) is 6.08 Å². The fraction of sp³-hybridized carbons (Fsp3) is 0.768. The summed E-state index contributed by atoms with van der Waals surface area (Å²) in [6.07, 6.45) is 105. The van der Waals surface area contributed by atoms with Gasteiger partial charge in [0.15, 0.2) is 0 Å². The van der Waals surface area contributed by atoms with Crippen LogP contribution in [0.25, 0.3) is 0 Å². The molecule has 0 saturated carbocycles. The predicted molar refractivity (Wildman–Crippen MR) is 401 cm³/mol. The van der Waals surface area contributed by atoms with E-state index in [2.05, 4.69) is 116 Å². The molecule has 3 unspecified atom stereocenters. The van der Waals surface area contributed by atoms with Crippen molar-refractivity contribution in [2.75, 3.05) is 40.9 Å². The normalized spacial score (nSPS) is 14.1. The number of carbonyl (C=O) groups excluding carboxylic acids is 1. The summed E-state index contributed by atoms with van der Waals surface area (Å²) in [6.45, 7) is 4.74. The molecule has 8 nitrogen and oxygen atoms in total. The highest BCUT2D eigenvalue weighted by atomic mass is 31.2. The number of unbranched alkanes of at least 4 members (excludes halogenated alkanes) is 42. The average Bonchev–Trinajstić information content (AvgIpc) is 3.42. The zero-order valence-electron chi connectivity index (χ0n) is 60.6. The van der Waals surface area contributed by atoms with E-state index in [1.807, 2.05) is 27.2 Å². The smallest absolute Gasteiger partial charge is 0.387 e. The number of hydrogen-bond acceptors (Lipinski definition) is 5. The Morgan fingerprint density at radius 3 is 0.967 bits per heavy atom. The molecule has 0 aliphatic carbocycles. The van der Waals surface area contributed by atoms with E-state index in [0.29, 0.717) is 17.4 Å². The Morgan fingerprint density at radius 2 is 0.659 bits per heavy atom. The number of aliphatic hydroxyl groups is 1. The zero-order chi connectivity index (χ0) is 66.2. The third-order valence-corrected chi connectivity index (χ3v) is 18.2. The van der Waals surface area contributed by atoms with E-state index in [0.717, 1.165) is 89.9 Å². The number of amides is 1. The molecule has 0 spiro atoms. The molecule has 3 N–H and O–H groups in total. The molecule has 528 valence electrons. The number of carbonyl (C=O) groups is 1. The van der Waals surface area contributed by atoms with Crippen LogP contribution in [0.2, 0.25) is 0 Å². The van der Waals surface area contributed by atoms with E-state index < -0.39 is 20.0 Å². The predicted octanol–water partition coefficient (Wildman–Crippen LogP) is 25.4. The van der Waals surface area contributed by atoms with Crippen molar-refractivity contribution >= 4 is 13.7 Å². The fourth-order valence-electron chi connectivity index (χ4n) is 11.3. The monoisotopic (exact) mass is 1290 g/mol. The summed E-state index contributed by atoms with van der Waals surface area (Å²) in [5.41, 5.74) is 0. The number of likely N-dealkylation sites (N-methyl/N-ethyl adjacent to an activating group) is 1. The summed E-state index contributed by atoms with van der Waals surface area (Å²) in [5, 5.41) is 14.1. The minimum Gasteiger partial charge on any atom is -0.387 e. The highest BCUT2D eigenvalue weighted by Crippen LogP contribution is 2.43. The van der Waals surface area contributed by atoms with Gasteiger partial charge in [0.05, 0.1) is 39.9 Å². The number of hydrogen-bond donors (Lipinski definition) is 3. The van der Waals surface area contributed by atoms with Gasteiger partial charge in [-0.1, -0.05) is 374 Å². The maximum Gasteiger partial charge on any atom is 0.472 e. The van der Waals surface area contributed by atoms with E-state index in [9.17, 15) is 19.4 Å². The quantitative estimate of drug-likeness (QED) is 0.0243. The Balaban J connectivity index is 4.05. The van der Waals surface area contributed by atoms with E-state index >= 15 is 0 Å². The molecular weight excluding hydrogens is 1140 g/mol. The lowest BCUT2D eigenvalue weighted by molar-refractivity contribution is -0.870. The molecule has 0 aromatic heterocycles. The van der Waals surface area contributed by atoms with Crippen molar-refractivity contribution in [3.8, 4) is 0 Å². The average molecular weight is 1290 g/mol. The first-order valence-electron chi connectivity index (χ1n) is 38.8. The van der Waals surface area contributed by atoms with Crippen LogP contribution in [-0.2, 0) is 18.4 Å². The summed E-state index contributed by atoms with van der Waals surface area (Å²) < 4.78 is 23.9. The van der Waals surface area contributed by atoms with Crippen molar-refractivity contribution in [3.63, 3.8) is 0 Å². The summed E-state index contributed by atoms with van der Waals surface area (Å²) in [6, 6.07) is -0.856. The molecule has 0 fully saturated rings. The van der Waals surface area contributed by atoms with Crippen molar-refractivity contribution < 1.29 is 32.9 Å². The molecule has 0 radical (unpaired) electrons. The summed E-state index contributed by atoms with van der Waals surface area (Å²) in [5.74, 6) is -0.178. The molecule has 0 bridgehead atoms. The third-order valence-electron chi connectivity index (χ3n) is 17.2. The minimum absolute atomic E-state index is 0.0578. The van der Waals surface area contributed by atoms with Crippen LogP contribution in [0.15, 0.2) is 109 Å². The van der Waals surface area contributed by atoms with Gasteiger partial charge in [0.25, 0.3) is 0 Å². The maximum atomic E-state index is 13.1. The molecule has 1 amide bonds. The number of rotatable bonds is 71. The highest BCUT2D eigenvalue weighted by Gasteiger charge is 2.28. The third kappa shape index (κ3) is 74.4. The number of nitrogens with one attached hydrogen (secondary N) is 1. The van der Waals surface area contributed by atoms with Gasteiger partial charge >= 0.3 is 7.82 Å². The molecular formula is C82H150N2O6P+. The lowest BCUT2D eigenvalue weighted by Crippen LogP contribution is -2.45. The van der Waals surface area contributed by atoms with Crippen LogP contribution in [0.5, 0.6) is 0 Å². The van der Waals surface area contributed by atoms with Crippen LogP contribution in [0.1, 0.15) is 354 Å². The van der Waals surface area contributed by atoms with E-state index in [-0.39, 0.29) is 19.1 Å². The van der Waals surface area contributed by atoms with Gasteiger partial charge in [-0.3, -0.25) is 13.8 Å². The summed E-state index contributed by atoms with van der Waals surface area (Å²) in [7, 11) is 1.57. The Kier molecular flexibility index (Phi) is 69.2. The topological polar surface area (TPSA) is 105 Å². The zero-order valence-corrected chi connectivity index (χ0v) is 61.5. The van der Waals surface area contributed by atoms with Crippen LogP contribution in [0.4, 0.5) is 0 Å². The van der Waals surface area contributed by atoms with Gasteiger partial charge < -0.3 is 19.8 Å². The first kappa shape index (κ1) is 88.2. The van der Waals surface area contributed by atoms with Gasteiger partial charge in [0.1, 0.15) is 13.2 Å². The molecule has 9 heteroatoms. The Morgan fingerprint density at radius 1 is 0.385 bits per heavy atom. The summed E-state index contributed by atoms with van der Waals surface area (Å²) in [4.78, 5) is 23.5. The molecule has 0 aliphatic rings. The first-order chi connectivity index (χ1) is 44.5. The van der Waals surface area contributed by atoms with Crippen LogP contribution in [-0.4, -0.2) is 73.4 Å². The number of aliphatic hydroxyl groups excluding tert-OH is 1. The van der Waals surface area contributed by atoms with Crippen molar-refractivity contribution in [3.05, 3.63) is 109 Å². The van der Waals surface area contributed by atoms with Gasteiger partial charge in [-0.15, -0.1) is 0 Å². The number of phosphoric ester groups is 1. The lowest BCUT2D eigenvalue weighted by Gasteiger charge is -2.25. The molecule has 0 aromatic carbocycles. The summed E-state index contributed by atoms with van der Waals surface area (Å²) >= 11 is 0. The largest absolute Gasteiger partial charge is 0.472 e. The Hall–Kier alpha value is -2.84. The van der Waals surface area contributed by atoms with Crippen LogP contribution < -0.4 is 5.32 Å². The van der Waals surface area contributed by atoms with E-state index in [1.165, 1.54) is 244 Å². The molecule has 0 aliphatic heterocycles. The number of quaternary nitrogens is 1. The van der Waals surface area contributed by atoms with Gasteiger partial charge in [-0.05, 0) is 83.5 Å². The molecule has 91 heavy (non-hydrogen) atoms. The van der Waals surface area contributed by atoms with Crippen molar-refractivity contribution in [2.45, 2.75) is 366 Å². The second kappa shape index (κ2) is 71.5. The fourth-order valence-corrected chi connectivity index (χ4v) is 12.0. The lowest BCUT2D eigenvalue weighted by atomic mass is 10.0. The molecule has 0 heterocycles. The maximum absolute atomic E-state index is 13.1. The van der Waals surface area contributed by atoms with Crippen molar-refractivity contribution in [2.24, 2.45) is 0 Å². The van der Waals surface area contributed by atoms with Crippen molar-refractivity contribution in [1.82, 2.24) is 5.32 Å². The van der Waals surface area contributed by atoms with Gasteiger partial charge in [0, 0.05) is 6.42 Å². The van der Waals surface area contributed by atoms with E-state index in [4.69, 9.17) is 9.05 Å². The molecule has 0 saturated heterocycles. The minimum atomic E-state index is -4.36. The van der Waals surface area contributed by atoms with Gasteiger partial charge in [-0.25, -0.2) is 4.57 Å². The van der Waals surface area contributed by atoms with Crippen LogP contribution in [0, 0.1) is 0 Å². The molecule has 0 aromatic rings. The second-order valence-corrected chi connectivity index (χ2v) is 28.8. The molecule has 0 rings (SSSR count). The number of nitrogens with zero attached hydrogens (tertiary/aromatic N) is 1.